The van der Waals surface area contributed by atoms with Gasteiger partial charge >= 0.3 is 0 Å². The molecule has 0 unspecified atom stereocenters. The van der Waals surface area contributed by atoms with E-state index in [1.165, 1.54) is 0 Å². The molecule has 0 aliphatic rings. The molecule has 0 aliphatic heterocycles. The zero-order chi connectivity index (χ0) is 17.5. The van der Waals surface area contributed by atoms with Gasteiger partial charge in [-0.3, -0.25) is 4.79 Å². The summed E-state index contributed by atoms with van der Waals surface area (Å²) in [5.41, 5.74) is 6.86. The highest BCUT2D eigenvalue weighted by molar-refractivity contribution is 5.95. The minimum Gasteiger partial charge on any atom is -0.493 e. The third-order valence-electron chi connectivity index (χ3n) is 4.31. The van der Waals surface area contributed by atoms with E-state index in [0.717, 1.165) is 18.4 Å². The molecule has 0 aromatic heterocycles. The van der Waals surface area contributed by atoms with E-state index in [-0.39, 0.29) is 23.9 Å². The second-order valence-electron chi connectivity index (χ2n) is 5.51. The summed E-state index contributed by atoms with van der Waals surface area (Å²) in [6.07, 6.45) is 3.91. The van der Waals surface area contributed by atoms with E-state index in [4.69, 9.17) is 15.2 Å². The third kappa shape index (κ3) is 4.89. The average Bonchev–Trinajstić information content (AvgIpc) is 2.59. The molecule has 24 heavy (non-hydrogen) atoms. The van der Waals surface area contributed by atoms with Crippen LogP contribution in [0.15, 0.2) is 24.8 Å². The summed E-state index contributed by atoms with van der Waals surface area (Å²) in [4.78, 5) is 12.7. The van der Waals surface area contributed by atoms with Crippen LogP contribution in [0.3, 0.4) is 0 Å². The van der Waals surface area contributed by atoms with E-state index in [1.807, 2.05) is 19.9 Å². The summed E-state index contributed by atoms with van der Waals surface area (Å²) >= 11 is 0. The first-order valence-corrected chi connectivity index (χ1v) is 7.89. The number of hydrogen-bond donors (Lipinski definition) is 2. The predicted octanol–water partition coefficient (Wildman–Crippen LogP) is 3.10. The van der Waals surface area contributed by atoms with Crippen LogP contribution >= 0.6 is 12.4 Å². The van der Waals surface area contributed by atoms with Crippen LogP contribution < -0.4 is 20.5 Å². The monoisotopic (exact) mass is 356 g/mol. The highest BCUT2D eigenvalue weighted by Crippen LogP contribution is 2.33. The summed E-state index contributed by atoms with van der Waals surface area (Å²) in [5, 5.41) is 3.07. The zero-order valence-electron chi connectivity index (χ0n) is 15.0. The summed E-state index contributed by atoms with van der Waals surface area (Å²) in [5.74, 6) is 0.994. The predicted molar refractivity (Wildman–Crippen MR) is 101 cm³/mol. The molecule has 0 bridgehead atoms. The number of carbonyl (C=O) groups is 1. The van der Waals surface area contributed by atoms with Gasteiger partial charge in [0.1, 0.15) is 0 Å². The quantitative estimate of drug-likeness (QED) is 0.667. The van der Waals surface area contributed by atoms with Crippen LogP contribution in [-0.4, -0.2) is 32.2 Å². The maximum Gasteiger partial charge on any atom is 0.251 e. The van der Waals surface area contributed by atoms with Crippen LogP contribution in [0.1, 0.15) is 42.6 Å². The number of ether oxygens (including phenoxy) is 2. The van der Waals surface area contributed by atoms with Crippen molar-refractivity contribution in [2.45, 2.75) is 38.6 Å². The van der Waals surface area contributed by atoms with Crippen molar-refractivity contribution >= 4 is 18.3 Å². The van der Waals surface area contributed by atoms with Gasteiger partial charge in [-0.1, -0.05) is 19.9 Å². The molecule has 0 radical (unpaired) electrons. The zero-order valence-corrected chi connectivity index (χ0v) is 15.8. The molecule has 0 saturated heterocycles. The second kappa shape index (κ2) is 10.2. The van der Waals surface area contributed by atoms with Crippen molar-refractivity contribution in [2.24, 2.45) is 5.73 Å². The van der Waals surface area contributed by atoms with Crippen molar-refractivity contribution in [1.82, 2.24) is 5.32 Å². The van der Waals surface area contributed by atoms with Gasteiger partial charge in [0.2, 0.25) is 0 Å². The van der Waals surface area contributed by atoms with Gasteiger partial charge in [0.05, 0.1) is 19.8 Å². The number of hydrogen-bond acceptors (Lipinski definition) is 4. The third-order valence-corrected chi connectivity index (χ3v) is 4.31. The van der Waals surface area contributed by atoms with Gasteiger partial charge in [0.25, 0.3) is 5.91 Å². The van der Waals surface area contributed by atoms with Crippen molar-refractivity contribution in [2.75, 3.05) is 20.8 Å². The molecule has 0 saturated carbocycles. The van der Waals surface area contributed by atoms with Gasteiger partial charge in [0, 0.05) is 17.7 Å². The highest BCUT2D eigenvalue weighted by atomic mass is 35.5. The maximum absolute atomic E-state index is 12.7. The number of nitrogens with two attached hydrogens (primary N) is 1. The average molecular weight is 357 g/mol. The van der Waals surface area contributed by atoms with E-state index < -0.39 is 0 Å². The molecule has 1 amide bonds. The molecule has 1 rings (SSSR count). The fourth-order valence-corrected chi connectivity index (χ4v) is 2.56. The highest BCUT2D eigenvalue weighted by Gasteiger charge is 2.27. The number of methoxy groups -OCH3 is 2. The molecular weight excluding hydrogens is 328 g/mol. The second-order valence-corrected chi connectivity index (χ2v) is 5.51. The molecule has 136 valence electrons. The van der Waals surface area contributed by atoms with E-state index in [2.05, 4.69) is 11.9 Å². The Hall–Kier alpha value is -1.72. The van der Waals surface area contributed by atoms with Gasteiger partial charge in [-0.05, 0) is 31.4 Å². The normalized spacial score (nSPS) is 10.5. The Morgan fingerprint density at radius 1 is 1.29 bits per heavy atom. The molecule has 3 N–H and O–H groups in total. The molecule has 0 atom stereocenters. The van der Waals surface area contributed by atoms with Gasteiger partial charge in [-0.15, -0.1) is 19.0 Å². The van der Waals surface area contributed by atoms with Crippen LogP contribution in [0.5, 0.6) is 11.5 Å². The Morgan fingerprint density at radius 2 is 1.92 bits per heavy atom. The number of carbonyl (C=O) groups excluding carboxylic acids is 1. The van der Waals surface area contributed by atoms with Gasteiger partial charge in [0.15, 0.2) is 11.5 Å². The molecule has 6 heteroatoms. The van der Waals surface area contributed by atoms with E-state index in [9.17, 15) is 4.79 Å². The Morgan fingerprint density at radius 3 is 2.33 bits per heavy atom. The van der Waals surface area contributed by atoms with Crippen LogP contribution in [-0.2, 0) is 6.42 Å². The lowest BCUT2D eigenvalue weighted by atomic mass is 9.92. The van der Waals surface area contributed by atoms with Crippen LogP contribution in [0.4, 0.5) is 0 Å². The van der Waals surface area contributed by atoms with Crippen LogP contribution in [0, 0.1) is 0 Å². The lowest BCUT2D eigenvalue weighted by Crippen LogP contribution is -2.52. The fraction of sp³-hybridized carbons (Fsp3) is 0.500. The van der Waals surface area contributed by atoms with E-state index in [1.54, 1.807) is 26.4 Å². The summed E-state index contributed by atoms with van der Waals surface area (Å²) in [7, 11) is 3.14. The fourth-order valence-electron chi connectivity index (χ4n) is 2.56. The van der Waals surface area contributed by atoms with E-state index >= 15 is 0 Å². The Kier molecular flexibility index (Phi) is 9.48. The summed E-state index contributed by atoms with van der Waals surface area (Å²) in [6.45, 7) is 8.19. The molecular formula is C18H29ClN2O3. The lowest BCUT2D eigenvalue weighted by molar-refractivity contribution is 0.0894. The number of benzene rings is 1. The van der Waals surface area contributed by atoms with Crippen molar-refractivity contribution in [3.8, 4) is 11.5 Å². The number of allylic oxidation sites excluding steroid dienone is 1. The topological polar surface area (TPSA) is 73.6 Å². The first kappa shape index (κ1) is 22.3. The van der Waals surface area contributed by atoms with Crippen molar-refractivity contribution in [1.29, 1.82) is 0 Å². The lowest BCUT2D eigenvalue weighted by Gasteiger charge is -2.31. The number of rotatable bonds is 9. The number of nitrogens with one attached hydrogen (secondary N) is 1. The first-order valence-electron chi connectivity index (χ1n) is 7.89. The Balaban J connectivity index is 0.00000529. The standard InChI is InChI=1S/C18H28N2O3.ClH/c1-6-9-13-10-14(11-15(22-4)16(13)23-5)17(21)20-18(7-2,8-3)12-19;/h6,10-11H,1,7-9,12,19H2,2-5H3,(H,20,21);1H. The van der Waals surface area contributed by atoms with Crippen molar-refractivity contribution < 1.29 is 14.3 Å². The number of amides is 1. The minimum atomic E-state index is -0.386. The van der Waals surface area contributed by atoms with Crippen molar-refractivity contribution in [3.05, 3.63) is 35.9 Å². The maximum atomic E-state index is 12.7. The smallest absolute Gasteiger partial charge is 0.251 e. The van der Waals surface area contributed by atoms with Crippen LogP contribution in [0.2, 0.25) is 0 Å². The molecule has 5 nitrogen and oxygen atoms in total. The molecule has 0 fully saturated rings. The Labute approximate surface area is 151 Å². The summed E-state index contributed by atoms with van der Waals surface area (Å²) in [6, 6.07) is 3.50. The van der Waals surface area contributed by atoms with Gasteiger partial charge in [-0.25, -0.2) is 0 Å². The van der Waals surface area contributed by atoms with Gasteiger partial charge in [-0.2, -0.15) is 0 Å². The Bertz CT molecular complexity index is 549. The van der Waals surface area contributed by atoms with E-state index in [0.29, 0.717) is 30.0 Å². The molecule has 1 aromatic rings. The first-order chi connectivity index (χ1) is 11.0. The molecule has 0 heterocycles. The van der Waals surface area contributed by atoms with Crippen molar-refractivity contribution in [3.63, 3.8) is 0 Å². The molecule has 0 spiro atoms. The molecule has 1 aromatic carbocycles. The minimum absolute atomic E-state index is 0. The summed E-state index contributed by atoms with van der Waals surface area (Å²) < 4.78 is 10.8. The van der Waals surface area contributed by atoms with Crippen LogP contribution in [0.25, 0.3) is 0 Å². The molecule has 0 aliphatic carbocycles. The number of halogens is 1. The largest absolute Gasteiger partial charge is 0.493 e. The van der Waals surface area contributed by atoms with Gasteiger partial charge < -0.3 is 20.5 Å². The SMILES string of the molecule is C=CCc1cc(C(=O)NC(CC)(CC)CN)cc(OC)c1OC.Cl.